The molecule has 5 nitrogen and oxygen atoms in total. The molecule has 0 aromatic heterocycles. The second kappa shape index (κ2) is 10.8. The third-order valence-corrected chi connectivity index (χ3v) is 7.75. The fourth-order valence-corrected chi connectivity index (χ4v) is 5.40. The Morgan fingerprint density at radius 3 is 2.37 bits per heavy atom. The zero-order valence-corrected chi connectivity index (χ0v) is 21.8. The van der Waals surface area contributed by atoms with Gasteiger partial charge in [-0.25, -0.2) is 0 Å². The van der Waals surface area contributed by atoms with Crippen LogP contribution in [0.5, 0.6) is 0 Å². The molecule has 0 unspecified atom stereocenters. The van der Waals surface area contributed by atoms with Gasteiger partial charge >= 0.3 is 0 Å². The van der Waals surface area contributed by atoms with Crippen LogP contribution in [-0.4, -0.2) is 41.1 Å². The number of amidine groups is 1. The van der Waals surface area contributed by atoms with Crippen molar-refractivity contribution in [2.75, 3.05) is 13.1 Å². The molecule has 0 bridgehead atoms. The maximum absolute atomic E-state index is 13.7. The summed E-state index contributed by atoms with van der Waals surface area (Å²) in [6.07, 6.45) is 5.91. The van der Waals surface area contributed by atoms with Gasteiger partial charge in [-0.05, 0) is 62.8 Å². The van der Waals surface area contributed by atoms with Gasteiger partial charge in [0.15, 0.2) is 0 Å². The van der Waals surface area contributed by atoms with E-state index in [1.807, 2.05) is 24.3 Å². The number of nitrogens with zero attached hydrogens (tertiary/aromatic N) is 3. The van der Waals surface area contributed by atoms with E-state index in [1.54, 1.807) is 0 Å². The van der Waals surface area contributed by atoms with E-state index in [0.717, 1.165) is 56.2 Å². The van der Waals surface area contributed by atoms with Crippen LogP contribution < -0.4 is 5.73 Å². The van der Waals surface area contributed by atoms with Gasteiger partial charge in [0, 0.05) is 24.2 Å². The summed E-state index contributed by atoms with van der Waals surface area (Å²) in [6, 6.07) is 16.5. The van der Waals surface area contributed by atoms with Crippen molar-refractivity contribution in [3.8, 4) is 0 Å². The monoisotopic (exact) mass is 472 g/mol. The maximum atomic E-state index is 13.7. The zero-order chi connectivity index (χ0) is 25.0. The molecule has 4 rings (SSSR count). The molecule has 2 N–H and O–H groups in total. The average Bonchev–Trinajstić information content (AvgIpc) is 3.13. The van der Waals surface area contributed by atoms with Crippen molar-refractivity contribution in [3.05, 3.63) is 70.8 Å². The van der Waals surface area contributed by atoms with Crippen LogP contribution in [-0.2, 0) is 11.2 Å². The molecule has 1 aliphatic carbocycles. The van der Waals surface area contributed by atoms with E-state index in [4.69, 9.17) is 10.7 Å². The molecule has 1 amide bonds. The Labute approximate surface area is 210 Å². The van der Waals surface area contributed by atoms with E-state index in [2.05, 4.69) is 61.9 Å². The summed E-state index contributed by atoms with van der Waals surface area (Å²) in [6.45, 7) is 10.2. The molecular weight excluding hydrogens is 432 g/mol. The quantitative estimate of drug-likeness (QED) is 0.405. The number of carbonyl (C=O) groups is 1. The molecule has 5 heteroatoms. The van der Waals surface area contributed by atoms with Gasteiger partial charge in [0.1, 0.15) is 17.2 Å². The van der Waals surface area contributed by atoms with E-state index in [1.165, 1.54) is 11.1 Å². The highest BCUT2D eigenvalue weighted by Gasteiger charge is 2.48. The molecule has 1 saturated carbocycles. The van der Waals surface area contributed by atoms with Gasteiger partial charge in [0.25, 0.3) is 5.91 Å². The van der Waals surface area contributed by atoms with Crippen molar-refractivity contribution < 1.29 is 4.79 Å². The first-order chi connectivity index (χ1) is 16.8. The Bertz CT molecular complexity index is 1070. The highest BCUT2D eigenvalue weighted by atomic mass is 16.2. The Kier molecular flexibility index (Phi) is 7.73. The Morgan fingerprint density at radius 2 is 1.77 bits per heavy atom. The SMILES string of the molecule is CCCN=C(N)c1ccc(CCN2C(=O)C(c3ccc(C)cc3)=NC23CCC(C(C)C)CC3)cc1. The molecule has 1 spiro atoms. The molecule has 2 aromatic rings. The third-order valence-electron chi connectivity index (χ3n) is 7.75. The lowest BCUT2D eigenvalue weighted by molar-refractivity contribution is -0.129. The van der Waals surface area contributed by atoms with E-state index < -0.39 is 5.66 Å². The van der Waals surface area contributed by atoms with Gasteiger partial charge in [-0.1, -0.05) is 74.9 Å². The minimum Gasteiger partial charge on any atom is -0.384 e. The lowest BCUT2D eigenvalue weighted by Crippen LogP contribution is -2.50. The normalized spacial score (nSPS) is 22.8. The first-order valence-electron chi connectivity index (χ1n) is 13.2. The smallest absolute Gasteiger partial charge is 0.274 e. The molecule has 186 valence electrons. The Morgan fingerprint density at radius 1 is 1.11 bits per heavy atom. The van der Waals surface area contributed by atoms with Crippen LogP contribution in [0.4, 0.5) is 0 Å². The topological polar surface area (TPSA) is 71.0 Å². The number of hydrogen-bond acceptors (Lipinski definition) is 3. The molecule has 2 aromatic carbocycles. The van der Waals surface area contributed by atoms with E-state index in [9.17, 15) is 4.79 Å². The summed E-state index contributed by atoms with van der Waals surface area (Å²) in [4.78, 5) is 25.4. The van der Waals surface area contributed by atoms with Crippen LogP contribution in [0.1, 0.15) is 75.1 Å². The lowest BCUT2D eigenvalue weighted by atomic mass is 9.76. The number of aryl methyl sites for hydroxylation is 1. The molecule has 1 aliphatic heterocycles. The highest BCUT2D eigenvalue weighted by molar-refractivity contribution is 6.46. The van der Waals surface area contributed by atoms with Crippen LogP contribution in [0.3, 0.4) is 0 Å². The first-order valence-corrected chi connectivity index (χ1v) is 13.2. The summed E-state index contributed by atoms with van der Waals surface area (Å²) in [5.74, 6) is 2.04. The summed E-state index contributed by atoms with van der Waals surface area (Å²) < 4.78 is 0. The second-order valence-corrected chi connectivity index (χ2v) is 10.6. The summed E-state index contributed by atoms with van der Waals surface area (Å²) >= 11 is 0. The van der Waals surface area contributed by atoms with E-state index in [-0.39, 0.29) is 5.91 Å². The number of carbonyl (C=O) groups excluding carboxylic acids is 1. The fourth-order valence-electron chi connectivity index (χ4n) is 5.40. The number of benzene rings is 2. The molecule has 35 heavy (non-hydrogen) atoms. The van der Waals surface area contributed by atoms with E-state index in [0.29, 0.717) is 29.9 Å². The predicted molar refractivity (Wildman–Crippen MR) is 145 cm³/mol. The van der Waals surface area contributed by atoms with Crippen LogP contribution >= 0.6 is 0 Å². The molecule has 0 saturated heterocycles. The number of amides is 1. The summed E-state index contributed by atoms with van der Waals surface area (Å²) in [7, 11) is 0. The van der Waals surface area contributed by atoms with Crippen LogP contribution in [0.15, 0.2) is 58.5 Å². The Hall–Kier alpha value is -2.95. The van der Waals surface area contributed by atoms with Gasteiger partial charge in [-0.2, -0.15) is 0 Å². The van der Waals surface area contributed by atoms with Gasteiger partial charge < -0.3 is 10.6 Å². The standard InChI is InChI=1S/C30H40N4O/c1-5-19-32-28(31)26-12-8-23(9-13-26)16-20-34-29(35)27(25-10-6-22(4)7-11-25)33-30(34)17-14-24(15-18-30)21(2)3/h6-13,21,24H,5,14-20H2,1-4H3,(H2,31,32). The van der Waals surface area contributed by atoms with Crippen molar-refractivity contribution in [3.63, 3.8) is 0 Å². The minimum atomic E-state index is -0.403. The molecular formula is C30H40N4O. The Balaban J connectivity index is 1.53. The van der Waals surface area contributed by atoms with Gasteiger partial charge in [0.05, 0.1) is 0 Å². The van der Waals surface area contributed by atoms with Crippen molar-refractivity contribution in [1.29, 1.82) is 0 Å². The van der Waals surface area contributed by atoms with Gasteiger partial charge in [0.2, 0.25) is 0 Å². The predicted octanol–water partition coefficient (Wildman–Crippen LogP) is 5.53. The minimum absolute atomic E-state index is 0.0735. The van der Waals surface area contributed by atoms with Crippen molar-refractivity contribution in [2.45, 2.75) is 71.9 Å². The average molecular weight is 473 g/mol. The van der Waals surface area contributed by atoms with Crippen LogP contribution in [0, 0.1) is 18.8 Å². The van der Waals surface area contributed by atoms with Gasteiger partial charge in [-0.15, -0.1) is 0 Å². The zero-order valence-electron chi connectivity index (χ0n) is 21.8. The lowest BCUT2D eigenvalue weighted by Gasteiger charge is -2.42. The summed E-state index contributed by atoms with van der Waals surface area (Å²) in [5.41, 5.74) is 10.6. The van der Waals surface area contributed by atoms with Crippen LogP contribution in [0.25, 0.3) is 0 Å². The highest BCUT2D eigenvalue weighted by Crippen LogP contribution is 2.43. The first kappa shape index (κ1) is 25.2. The number of aliphatic imine (C=N–C) groups is 2. The van der Waals surface area contributed by atoms with Gasteiger partial charge in [-0.3, -0.25) is 14.8 Å². The van der Waals surface area contributed by atoms with Crippen molar-refractivity contribution in [1.82, 2.24) is 4.90 Å². The summed E-state index contributed by atoms with van der Waals surface area (Å²) in [5, 5.41) is 0. The maximum Gasteiger partial charge on any atom is 0.274 e. The van der Waals surface area contributed by atoms with Crippen molar-refractivity contribution in [2.24, 2.45) is 27.6 Å². The molecule has 0 atom stereocenters. The number of nitrogens with two attached hydrogens (primary N) is 1. The molecule has 2 aliphatic rings. The molecule has 1 heterocycles. The third kappa shape index (κ3) is 5.50. The molecule has 1 fully saturated rings. The largest absolute Gasteiger partial charge is 0.384 e. The second-order valence-electron chi connectivity index (χ2n) is 10.6. The molecule has 0 radical (unpaired) electrons. The van der Waals surface area contributed by atoms with Crippen molar-refractivity contribution >= 4 is 17.5 Å². The van der Waals surface area contributed by atoms with Crippen LogP contribution in [0.2, 0.25) is 0 Å². The van der Waals surface area contributed by atoms with E-state index >= 15 is 0 Å². The number of hydrogen-bond donors (Lipinski definition) is 1. The number of rotatable bonds is 8. The fraction of sp³-hybridized carbons (Fsp3) is 0.500.